The highest BCUT2D eigenvalue weighted by molar-refractivity contribution is 5.96. The van der Waals surface area contributed by atoms with Crippen LogP contribution in [0.25, 0.3) is 11.0 Å². The number of carbonyl (C=O) groups excluding carboxylic acids is 1. The molecule has 0 aliphatic carbocycles. The van der Waals surface area contributed by atoms with E-state index in [-0.39, 0.29) is 5.56 Å². The lowest BCUT2D eigenvalue weighted by atomic mass is 10.0. The fraction of sp³-hybridized carbons (Fsp3) is 0.643. The molecule has 5 nitrogen and oxygen atoms in total. The van der Waals surface area contributed by atoms with Crippen LogP contribution in [0, 0.1) is 0 Å². The van der Waals surface area contributed by atoms with E-state index in [9.17, 15) is 14.7 Å². The number of aliphatic hydroxyl groups excluding tert-OH is 1. The Morgan fingerprint density at radius 3 is 1.94 bits per heavy atom. The average molecular weight is 458 g/mol. The van der Waals surface area contributed by atoms with Gasteiger partial charge in [-0.1, -0.05) is 115 Å². The van der Waals surface area contributed by atoms with Crippen LogP contribution in [0.2, 0.25) is 0 Å². The van der Waals surface area contributed by atoms with Crippen molar-refractivity contribution in [1.29, 1.82) is 0 Å². The third-order valence-electron chi connectivity index (χ3n) is 6.26. The van der Waals surface area contributed by atoms with Crippen molar-refractivity contribution in [3.05, 3.63) is 46.3 Å². The molecule has 1 aromatic heterocycles. The molecule has 1 unspecified atom stereocenters. The highest BCUT2D eigenvalue weighted by atomic mass is 16.4. The van der Waals surface area contributed by atoms with Gasteiger partial charge in [-0.05, 0) is 25.0 Å². The molecular weight excluding hydrogens is 414 g/mol. The number of rotatable bonds is 18. The van der Waals surface area contributed by atoms with Gasteiger partial charge in [0.15, 0.2) is 0 Å². The fourth-order valence-corrected chi connectivity index (χ4v) is 4.23. The Kier molecular flexibility index (Phi) is 13.5. The van der Waals surface area contributed by atoms with Gasteiger partial charge in [0.2, 0.25) is 0 Å². The Bertz CT molecular complexity index is 860. The lowest BCUT2D eigenvalue weighted by molar-refractivity contribution is 0.0755. The van der Waals surface area contributed by atoms with Crippen molar-refractivity contribution in [3.63, 3.8) is 0 Å². The quantitative estimate of drug-likeness (QED) is 0.142. The van der Waals surface area contributed by atoms with Gasteiger partial charge >= 0.3 is 5.63 Å². The van der Waals surface area contributed by atoms with Crippen LogP contribution in [-0.2, 0) is 0 Å². The Labute approximate surface area is 199 Å². The number of hydrogen-bond acceptors (Lipinski definition) is 4. The molecule has 0 aliphatic heterocycles. The lowest BCUT2D eigenvalue weighted by Gasteiger charge is -2.12. The number of amides is 1. The zero-order valence-electron chi connectivity index (χ0n) is 20.4. The molecule has 0 saturated carbocycles. The first kappa shape index (κ1) is 27.1. The van der Waals surface area contributed by atoms with Gasteiger partial charge in [-0.25, -0.2) is 4.79 Å². The average Bonchev–Trinajstić information content (AvgIpc) is 2.81. The summed E-state index contributed by atoms with van der Waals surface area (Å²) in [6, 6.07) is 8.56. The van der Waals surface area contributed by atoms with Crippen LogP contribution in [0.5, 0.6) is 0 Å². The summed E-state index contributed by atoms with van der Waals surface area (Å²) in [6.45, 7) is 2.26. The predicted octanol–water partition coefficient (Wildman–Crippen LogP) is 7.10. The Balaban J connectivity index is 1.47. The Morgan fingerprint density at radius 1 is 0.848 bits per heavy atom. The van der Waals surface area contributed by atoms with Gasteiger partial charge in [0.1, 0.15) is 17.4 Å². The molecule has 0 saturated heterocycles. The van der Waals surface area contributed by atoms with E-state index in [1.54, 1.807) is 18.2 Å². The highest BCUT2D eigenvalue weighted by Crippen LogP contribution is 2.15. The van der Waals surface area contributed by atoms with Crippen LogP contribution in [0.3, 0.4) is 0 Å². The molecule has 184 valence electrons. The molecule has 33 heavy (non-hydrogen) atoms. The molecule has 0 bridgehead atoms. The first-order valence-corrected chi connectivity index (χ1v) is 13.1. The third kappa shape index (κ3) is 11.0. The van der Waals surface area contributed by atoms with Crippen molar-refractivity contribution in [2.45, 2.75) is 116 Å². The number of para-hydroxylation sites is 1. The van der Waals surface area contributed by atoms with Gasteiger partial charge < -0.3 is 14.8 Å². The predicted molar refractivity (Wildman–Crippen MR) is 136 cm³/mol. The molecule has 2 N–H and O–H groups in total. The van der Waals surface area contributed by atoms with Crippen molar-refractivity contribution >= 4 is 16.9 Å². The summed E-state index contributed by atoms with van der Waals surface area (Å²) in [5, 5.41) is 13.3. The number of hydrogen-bond donors (Lipinski definition) is 2. The van der Waals surface area contributed by atoms with Crippen molar-refractivity contribution in [3.8, 4) is 0 Å². The van der Waals surface area contributed by atoms with Crippen molar-refractivity contribution in [2.24, 2.45) is 0 Å². The minimum Gasteiger partial charge on any atom is -0.422 e. The van der Waals surface area contributed by atoms with Crippen LogP contribution in [0.4, 0.5) is 0 Å². The minimum absolute atomic E-state index is 0.0794. The number of aliphatic hydroxyl groups is 1. The largest absolute Gasteiger partial charge is 0.422 e. The van der Waals surface area contributed by atoms with Gasteiger partial charge in [0.25, 0.3) is 5.91 Å². The minimum atomic E-state index is -0.953. The molecule has 0 fully saturated rings. The normalized spacial score (nSPS) is 12.2. The summed E-state index contributed by atoms with van der Waals surface area (Å²) in [7, 11) is 0. The number of benzene rings is 1. The summed E-state index contributed by atoms with van der Waals surface area (Å²) in [6.07, 6.45) is 18.9. The van der Waals surface area contributed by atoms with E-state index in [4.69, 9.17) is 4.42 Å². The van der Waals surface area contributed by atoms with Crippen LogP contribution in [-0.4, -0.2) is 17.2 Å². The molecular formula is C28H43NO4. The molecule has 5 heteroatoms. The van der Waals surface area contributed by atoms with Crippen molar-refractivity contribution in [2.75, 3.05) is 0 Å². The van der Waals surface area contributed by atoms with Crippen molar-refractivity contribution in [1.82, 2.24) is 5.32 Å². The van der Waals surface area contributed by atoms with E-state index < -0.39 is 17.8 Å². The van der Waals surface area contributed by atoms with Gasteiger partial charge in [-0.3, -0.25) is 4.79 Å². The van der Waals surface area contributed by atoms with E-state index >= 15 is 0 Å². The first-order chi connectivity index (χ1) is 16.1. The summed E-state index contributed by atoms with van der Waals surface area (Å²) in [4.78, 5) is 24.4. The zero-order chi connectivity index (χ0) is 23.7. The summed E-state index contributed by atoms with van der Waals surface area (Å²) in [5.74, 6) is -0.594. The molecule has 0 aliphatic rings. The first-order valence-electron chi connectivity index (χ1n) is 13.1. The van der Waals surface area contributed by atoms with Crippen LogP contribution >= 0.6 is 0 Å². The van der Waals surface area contributed by atoms with Gasteiger partial charge in [-0.2, -0.15) is 0 Å². The van der Waals surface area contributed by atoms with Gasteiger partial charge in [-0.15, -0.1) is 0 Å². The topological polar surface area (TPSA) is 79.5 Å². The highest BCUT2D eigenvalue weighted by Gasteiger charge is 2.16. The second kappa shape index (κ2) is 16.5. The monoisotopic (exact) mass is 457 g/mol. The number of nitrogens with one attached hydrogen (secondary N) is 1. The molecule has 1 atom stereocenters. The van der Waals surface area contributed by atoms with Gasteiger partial charge in [0, 0.05) is 5.39 Å². The molecule has 0 spiro atoms. The van der Waals surface area contributed by atoms with Crippen LogP contribution in [0.15, 0.2) is 39.5 Å². The number of unbranched alkanes of at least 4 members (excludes halogenated alkanes) is 14. The molecule has 1 amide bonds. The molecule has 2 aromatic rings. The van der Waals surface area contributed by atoms with Gasteiger partial charge in [0.05, 0.1) is 0 Å². The fourth-order valence-electron chi connectivity index (χ4n) is 4.23. The van der Waals surface area contributed by atoms with Crippen LogP contribution in [0.1, 0.15) is 120 Å². The van der Waals surface area contributed by atoms with E-state index in [1.807, 2.05) is 6.07 Å². The Morgan fingerprint density at radius 2 is 1.36 bits per heavy atom. The van der Waals surface area contributed by atoms with E-state index in [0.29, 0.717) is 17.4 Å². The second-order valence-electron chi connectivity index (χ2n) is 9.21. The number of carbonyl (C=O) groups is 1. The molecule has 0 radical (unpaired) electrons. The molecule has 1 aromatic carbocycles. The molecule has 2 rings (SSSR count). The summed E-state index contributed by atoms with van der Waals surface area (Å²) < 4.78 is 5.19. The smallest absolute Gasteiger partial charge is 0.349 e. The van der Waals surface area contributed by atoms with Crippen LogP contribution < -0.4 is 10.9 Å². The van der Waals surface area contributed by atoms with E-state index in [1.165, 1.54) is 83.1 Å². The molecule has 1 heterocycles. The zero-order valence-corrected chi connectivity index (χ0v) is 20.4. The summed E-state index contributed by atoms with van der Waals surface area (Å²) >= 11 is 0. The summed E-state index contributed by atoms with van der Waals surface area (Å²) in [5.41, 5.74) is -0.327. The van der Waals surface area contributed by atoms with Crippen molar-refractivity contribution < 1.29 is 14.3 Å². The number of fused-ring (bicyclic) bond motifs is 1. The SMILES string of the molecule is CCCCCCCCCCCCCCCCCC(O)NC(=O)c1cc2ccccc2oc1=O. The second-order valence-corrected chi connectivity index (χ2v) is 9.21. The van der Waals surface area contributed by atoms with E-state index in [2.05, 4.69) is 12.2 Å². The lowest BCUT2D eigenvalue weighted by Crippen LogP contribution is -2.36. The third-order valence-corrected chi connectivity index (χ3v) is 6.26. The maximum absolute atomic E-state index is 12.3. The van der Waals surface area contributed by atoms with E-state index in [0.717, 1.165) is 19.3 Å². The maximum atomic E-state index is 12.3. The maximum Gasteiger partial charge on any atom is 0.349 e. The standard InChI is InChI=1S/C28H43NO4/c1-2-3-4-5-6-7-8-9-10-11-12-13-14-15-16-21-26(30)29-27(31)24-22-23-19-17-18-20-25(23)33-28(24)32/h17-20,22,26,30H,2-16,21H2,1H3,(H,29,31). The Hall–Kier alpha value is -2.14.